The molecule has 0 amide bonds. The van der Waals surface area contributed by atoms with Gasteiger partial charge in [-0.25, -0.2) is 4.68 Å². The minimum absolute atomic E-state index is 0.0373. The first-order valence-electron chi connectivity index (χ1n) is 8.17. The minimum Gasteiger partial charge on any atom is -0.324 e. The van der Waals surface area contributed by atoms with E-state index in [1.165, 1.54) is 11.1 Å². The summed E-state index contributed by atoms with van der Waals surface area (Å²) in [6, 6.07) is 8.67. The van der Waals surface area contributed by atoms with Crippen LogP contribution in [0, 0.1) is 0 Å². The van der Waals surface area contributed by atoms with E-state index in [0.29, 0.717) is 0 Å². The van der Waals surface area contributed by atoms with Gasteiger partial charge in [-0.15, -0.1) is 5.10 Å². The van der Waals surface area contributed by atoms with Gasteiger partial charge in [0.2, 0.25) is 0 Å². The molecule has 1 atom stereocenters. The van der Waals surface area contributed by atoms with Gasteiger partial charge in [0.15, 0.2) is 0 Å². The lowest BCUT2D eigenvalue weighted by molar-refractivity contribution is 0.519. The summed E-state index contributed by atoms with van der Waals surface area (Å²) in [5, 5.41) is 8.91. The Bertz CT molecular complexity index is 780. The van der Waals surface area contributed by atoms with Crippen molar-refractivity contribution in [2.45, 2.75) is 46.2 Å². The summed E-state index contributed by atoms with van der Waals surface area (Å²) in [5.74, 6) is 0. The molecule has 1 aromatic heterocycles. The van der Waals surface area contributed by atoms with Gasteiger partial charge in [0.1, 0.15) is 5.69 Å². The molecule has 0 bridgehead atoms. The smallest absolute Gasteiger partial charge is 0.117 e. The van der Waals surface area contributed by atoms with Crippen molar-refractivity contribution in [1.29, 1.82) is 0 Å². The van der Waals surface area contributed by atoms with E-state index in [-0.39, 0.29) is 12.1 Å². The highest BCUT2D eigenvalue weighted by molar-refractivity contribution is 5.81. The summed E-state index contributed by atoms with van der Waals surface area (Å²) in [5.41, 5.74) is 13.2. The Morgan fingerprint density at radius 3 is 2.74 bits per heavy atom. The summed E-state index contributed by atoms with van der Waals surface area (Å²) in [6.45, 7) is 8.38. The van der Waals surface area contributed by atoms with Crippen molar-refractivity contribution in [3.63, 3.8) is 0 Å². The summed E-state index contributed by atoms with van der Waals surface area (Å²) < 4.78 is 2.02. The van der Waals surface area contributed by atoms with Crippen LogP contribution in [-0.4, -0.2) is 21.0 Å². The third-order valence-corrected chi connectivity index (χ3v) is 4.43. The topological polar surface area (TPSA) is 56.7 Å². The Hall–Kier alpha value is -2.20. The van der Waals surface area contributed by atoms with Crippen LogP contribution in [0.25, 0.3) is 16.8 Å². The Morgan fingerprint density at radius 1 is 1.30 bits per heavy atom. The molecule has 2 N–H and O–H groups in total. The fourth-order valence-corrected chi connectivity index (χ4v) is 3.28. The van der Waals surface area contributed by atoms with E-state index in [0.717, 1.165) is 29.0 Å². The molecule has 1 unspecified atom stereocenters. The van der Waals surface area contributed by atoms with E-state index in [4.69, 9.17) is 5.73 Å². The molecule has 4 heteroatoms. The number of benzene rings is 1. The van der Waals surface area contributed by atoms with Gasteiger partial charge in [0.05, 0.1) is 5.69 Å². The zero-order chi connectivity index (χ0) is 16.6. The van der Waals surface area contributed by atoms with Crippen LogP contribution in [0.15, 0.2) is 42.0 Å². The Balaban J connectivity index is 2.36. The number of allylic oxidation sites excluding steroid dienone is 2. The van der Waals surface area contributed by atoms with Crippen LogP contribution < -0.4 is 5.73 Å². The number of hydrogen-bond acceptors (Lipinski definition) is 3. The van der Waals surface area contributed by atoms with Gasteiger partial charge < -0.3 is 5.73 Å². The average molecular weight is 308 g/mol. The number of aromatic nitrogens is 3. The summed E-state index contributed by atoms with van der Waals surface area (Å²) in [4.78, 5) is 0. The summed E-state index contributed by atoms with van der Waals surface area (Å²) in [7, 11) is 0. The summed E-state index contributed by atoms with van der Waals surface area (Å²) >= 11 is 0. The first kappa shape index (κ1) is 15.7. The van der Waals surface area contributed by atoms with Gasteiger partial charge in [-0.05, 0) is 50.8 Å². The molecule has 120 valence electrons. The van der Waals surface area contributed by atoms with E-state index >= 15 is 0 Å². The van der Waals surface area contributed by atoms with Gasteiger partial charge in [-0.1, -0.05) is 41.6 Å². The van der Waals surface area contributed by atoms with Gasteiger partial charge in [-0.3, -0.25) is 0 Å². The molecular formula is C19H24N4. The summed E-state index contributed by atoms with van der Waals surface area (Å²) in [6.07, 6.45) is 4.96. The maximum atomic E-state index is 6.50. The van der Waals surface area contributed by atoms with Crippen molar-refractivity contribution in [2.75, 3.05) is 0 Å². The molecule has 0 spiro atoms. The molecule has 2 aromatic rings. The van der Waals surface area contributed by atoms with Gasteiger partial charge in [0.25, 0.3) is 0 Å². The lowest BCUT2D eigenvalue weighted by atomic mass is 9.87. The highest BCUT2D eigenvalue weighted by Crippen LogP contribution is 2.36. The highest BCUT2D eigenvalue weighted by atomic mass is 15.4. The predicted octanol–water partition coefficient (Wildman–Crippen LogP) is 3.76. The average Bonchev–Trinajstić information content (AvgIpc) is 2.96. The maximum absolute atomic E-state index is 6.50. The van der Waals surface area contributed by atoms with E-state index in [2.05, 4.69) is 61.4 Å². The molecule has 1 aliphatic rings. The largest absolute Gasteiger partial charge is 0.324 e. The first-order valence-corrected chi connectivity index (χ1v) is 8.17. The lowest BCUT2D eigenvalue weighted by Crippen LogP contribution is -2.27. The van der Waals surface area contributed by atoms with Crippen molar-refractivity contribution in [1.82, 2.24) is 15.0 Å². The van der Waals surface area contributed by atoms with E-state index < -0.39 is 0 Å². The maximum Gasteiger partial charge on any atom is 0.117 e. The number of nitrogens with zero attached hydrogens (tertiary/aromatic N) is 3. The SMILES string of the molecule is C/C=C\C1=C(/C)c2nnn(C(C)C)c2-c2ccccc2CC1N. The first-order chi connectivity index (χ1) is 11.0. The van der Waals surface area contributed by atoms with Gasteiger partial charge in [0, 0.05) is 17.6 Å². The third kappa shape index (κ3) is 2.63. The molecule has 0 saturated carbocycles. The van der Waals surface area contributed by atoms with Crippen molar-refractivity contribution in [2.24, 2.45) is 5.73 Å². The number of rotatable bonds is 2. The quantitative estimate of drug-likeness (QED) is 0.919. The molecule has 4 nitrogen and oxygen atoms in total. The second-order valence-electron chi connectivity index (χ2n) is 6.37. The molecule has 1 heterocycles. The van der Waals surface area contributed by atoms with Crippen LogP contribution in [0.1, 0.15) is 45.0 Å². The minimum atomic E-state index is -0.0373. The fraction of sp³-hybridized carbons (Fsp3) is 0.368. The van der Waals surface area contributed by atoms with Crippen LogP contribution >= 0.6 is 0 Å². The van der Waals surface area contributed by atoms with Crippen LogP contribution in [0.4, 0.5) is 0 Å². The second-order valence-corrected chi connectivity index (χ2v) is 6.37. The van der Waals surface area contributed by atoms with Crippen molar-refractivity contribution < 1.29 is 0 Å². The highest BCUT2D eigenvalue weighted by Gasteiger charge is 2.26. The molecule has 0 radical (unpaired) electrons. The molecule has 0 saturated heterocycles. The number of nitrogens with two attached hydrogens (primary N) is 1. The monoisotopic (exact) mass is 308 g/mol. The predicted molar refractivity (Wildman–Crippen MR) is 94.9 cm³/mol. The van der Waals surface area contributed by atoms with Crippen molar-refractivity contribution in [3.8, 4) is 11.3 Å². The zero-order valence-electron chi connectivity index (χ0n) is 14.2. The molecule has 0 aliphatic heterocycles. The van der Waals surface area contributed by atoms with Crippen molar-refractivity contribution >= 4 is 5.57 Å². The van der Waals surface area contributed by atoms with E-state index in [9.17, 15) is 0 Å². The molecule has 3 rings (SSSR count). The molecule has 0 fully saturated rings. The zero-order valence-corrected chi connectivity index (χ0v) is 14.2. The van der Waals surface area contributed by atoms with E-state index in [1.807, 2.05) is 17.7 Å². The molecule has 1 aromatic carbocycles. The van der Waals surface area contributed by atoms with E-state index in [1.54, 1.807) is 0 Å². The second kappa shape index (κ2) is 6.13. The van der Waals surface area contributed by atoms with Gasteiger partial charge >= 0.3 is 0 Å². The molecule has 1 aliphatic carbocycles. The number of hydrogen-bond donors (Lipinski definition) is 1. The van der Waals surface area contributed by atoms with Gasteiger partial charge in [-0.2, -0.15) is 0 Å². The van der Waals surface area contributed by atoms with Crippen LogP contribution in [-0.2, 0) is 6.42 Å². The Labute approximate surface area is 137 Å². The Morgan fingerprint density at radius 2 is 2.04 bits per heavy atom. The van der Waals surface area contributed by atoms with Crippen LogP contribution in [0.2, 0.25) is 0 Å². The molecular weight excluding hydrogens is 284 g/mol. The lowest BCUT2D eigenvalue weighted by Gasteiger charge is -2.23. The third-order valence-electron chi connectivity index (χ3n) is 4.43. The van der Waals surface area contributed by atoms with Crippen LogP contribution in [0.3, 0.4) is 0 Å². The van der Waals surface area contributed by atoms with Crippen LogP contribution in [0.5, 0.6) is 0 Å². The molecule has 23 heavy (non-hydrogen) atoms. The number of fused-ring (bicyclic) bond motifs is 3. The fourth-order valence-electron chi connectivity index (χ4n) is 3.28. The standard InChI is InChI=1S/C19H24N4/c1-5-8-15-13(4)18-19(23(12(2)3)22-21-18)16-10-7-6-9-14(16)11-17(15)20/h5-10,12,17H,11,20H2,1-4H3/b8-5-,15-13-. The Kier molecular flexibility index (Phi) is 4.18. The normalized spacial score (nSPS) is 21.2. The van der Waals surface area contributed by atoms with Crippen molar-refractivity contribution in [3.05, 3.63) is 53.2 Å².